The zero-order valence-corrected chi connectivity index (χ0v) is 17.6. The van der Waals surface area contributed by atoms with E-state index < -0.39 is 0 Å². The molecule has 148 valence electrons. The van der Waals surface area contributed by atoms with Crippen LogP contribution in [0.15, 0.2) is 24.3 Å². The molecule has 1 aromatic rings. The second-order valence-electron chi connectivity index (χ2n) is 6.75. The van der Waals surface area contributed by atoms with Crippen LogP contribution in [0.2, 0.25) is 0 Å². The summed E-state index contributed by atoms with van der Waals surface area (Å²) >= 11 is 4.79. The SMILES string of the molecule is CCCCCCN(CCCCCC)C(S)Nc1cccc(C(=O)OC)c1. The zero-order chi connectivity index (χ0) is 19.2. The third-order valence-corrected chi connectivity index (χ3v) is 4.98. The molecule has 1 rings (SSSR count). The molecule has 0 aromatic heterocycles. The molecule has 26 heavy (non-hydrogen) atoms. The number of carbonyl (C=O) groups is 1. The van der Waals surface area contributed by atoms with E-state index in [-0.39, 0.29) is 11.5 Å². The minimum atomic E-state index is -0.319. The highest BCUT2D eigenvalue weighted by atomic mass is 32.1. The number of unbranched alkanes of at least 4 members (excludes halogenated alkanes) is 6. The lowest BCUT2D eigenvalue weighted by Gasteiger charge is -2.30. The summed E-state index contributed by atoms with van der Waals surface area (Å²) in [5.41, 5.74) is 1.38. The molecule has 4 nitrogen and oxygen atoms in total. The van der Waals surface area contributed by atoms with Crippen LogP contribution in [0, 0.1) is 0 Å². The topological polar surface area (TPSA) is 41.6 Å². The summed E-state index contributed by atoms with van der Waals surface area (Å²) in [6.45, 7) is 6.56. The Labute approximate surface area is 165 Å². The molecular weight excluding hydrogens is 344 g/mol. The molecule has 1 atom stereocenters. The molecule has 0 aliphatic heterocycles. The van der Waals surface area contributed by atoms with Crippen LogP contribution >= 0.6 is 12.6 Å². The number of methoxy groups -OCH3 is 1. The van der Waals surface area contributed by atoms with Gasteiger partial charge in [0.15, 0.2) is 0 Å². The maximum atomic E-state index is 11.7. The standard InChI is InChI=1S/C21H36N2O2S/c1-4-6-8-10-15-23(16-11-9-7-5-2)21(26)22-19-14-12-13-18(17-19)20(24)25-3/h12-14,17,21-22,26H,4-11,15-16H2,1-3H3. The van der Waals surface area contributed by atoms with Crippen molar-refractivity contribution in [3.8, 4) is 0 Å². The molecule has 1 unspecified atom stereocenters. The molecule has 0 radical (unpaired) electrons. The van der Waals surface area contributed by atoms with Gasteiger partial charge < -0.3 is 10.1 Å². The fraction of sp³-hybridized carbons (Fsp3) is 0.667. The van der Waals surface area contributed by atoms with Gasteiger partial charge in [-0.05, 0) is 31.0 Å². The second kappa shape index (κ2) is 13.9. The lowest BCUT2D eigenvalue weighted by molar-refractivity contribution is 0.0601. The van der Waals surface area contributed by atoms with Crippen LogP contribution in [-0.4, -0.2) is 36.6 Å². The van der Waals surface area contributed by atoms with Crippen LogP contribution < -0.4 is 5.32 Å². The normalized spacial score (nSPS) is 12.2. The Morgan fingerprint density at radius 2 is 1.69 bits per heavy atom. The van der Waals surface area contributed by atoms with E-state index in [1.165, 1.54) is 58.5 Å². The molecule has 1 aromatic carbocycles. The summed E-state index contributed by atoms with van der Waals surface area (Å²) in [7, 11) is 1.40. The summed E-state index contributed by atoms with van der Waals surface area (Å²) in [6, 6.07) is 7.41. The van der Waals surface area contributed by atoms with Crippen LogP contribution in [0.25, 0.3) is 0 Å². The maximum Gasteiger partial charge on any atom is 0.337 e. The van der Waals surface area contributed by atoms with E-state index in [1.807, 2.05) is 18.2 Å². The lowest BCUT2D eigenvalue weighted by Crippen LogP contribution is -2.38. The highest BCUT2D eigenvalue weighted by Gasteiger charge is 2.15. The Bertz CT molecular complexity index is 499. The smallest absolute Gasteiger partial charge is 0.337 e. The van der Waals surface area contributed by atoms with Gasteiger partial charge in [0.1, 0.15) is 5.50 Å². The predicted octanol–water partition coefficient (Wildman–Crippen LogP) is 5.56. The Kier molecular flexibility index (Phi) is 12.2. The largest absolute Gasteiger partial charge is 0.465 e. The first-order chi connectivity index (χ1) is 12.6. The zero-order valence-electron chi connectivity index (χ0n) is 16.7. The van der Waals surface area contributed by atoms with Gasteiger partial charge in [0.25, 0.3) is 0 Å². The van der Waals surface area contributed by atoms with Gasteiger partial charge in [0.2, 0.25) is 0 Å². The van der Waals surface area contributed by atoms with E-state index in [0.717, 1.165) is 18.8 Å². The number of anilines is 1. The number of thiol groups is 1. The Morgan fingerprint density at radius 3 is 2.23 bits per heavy atom. The fourth-order valence-corrected chi connectivity index (χ4v) is 3.31. The average Bonchev–Trinajstić information content (AvgIpc) is 2.66. The summed E-state index contributed by atoms with van der Waals surface area (Å²) < 4.78 is 4.80. The quantitative estimate of drug-likeness (QED) is 0.192. The van der Waals surface area contributed by atoms with E-state index in [2.05, 4.69) is 24.1 Å². The molecule has 0 aliphatic carbocycles. The van der Waals surface area contributed by atoms with Crippen LogP contribution in [-0.2, 0) is 4.74 Å². The van der Waals surface area contributed by atoms with E-state index >= 15 is 0 Å². The molecule has 0 heterocycles. The number of benzene rings is 1. The van der Waals surface area contributed by atoms with Crippen molar-refractivity contribution in [1.82, 2.24) is 4.90 Å². The highest BCUT2D eigenvalue weighted by Crippen LogP contribution is 2.17. The molecule has 0 amide bonds. The van der Waals surface area contributed by atoms with Crippen LogP contribution in [0.3, 0.4) is 0 Å². The van der Waals surface area contributed by atoms with Crippen molar-refractivity contribution >= 4 is 24.3 Å². The molecule has 0 saturated carbocycles. The predicted molar refractivity (Wildman–Crippen MR) is 114 cm³/mol. The molecule has 0 fully saturated rings. The molecular formula is C21H36N2O2S. The number of esters is 1. The minimum Gasteiger partial charge on any atom is -0.465 e. The van der Waals surface area contributed by atoms with Gasteiger partial charge in [-0.25, -0.2) is 4.79 Å². The van der Waals surface area contributed by atoms with Crippen molar-refractivity contribution in [2.24, 2.45) is 0 Å². The Morgan fingerprint density at radius 1 is 1.08 bits per heavy atom. The second-order valence-corrected chi connectivity index (χ2v) is 7.24. The number of hydrogen-bond acceptors (Lipinski definition) is 5. The van der Waals surface area contributed by atoms with Crippen molar-refractivity contribution in [1.29, 1.82) is 0 Å². The Hall–Kier alpha value is -1.20. The van der Waals surface area contributed by atoms with Crippen LogP contribution in [0.5, 0.6) is 0 Å². The summed E-state index contributed by atoms with van der Waals surface area (Å²) in [6.07, 6.45) is 10.00. The van der Waals surface area contributed by atoms with E-state index in [4.69, 9.17) is 17.4 Å². The average molecular weight is 381 g/mol. The van der Waals surface area contributed by atoms with E-state index in [0.29, 0.717) is 5.56 Å². The lowest BCUT2D eigenvalue weighted by atomic mass is 10.1. The highest BCUT2D eigenvalue weighted by molar-refractivity contribution is 7.81. The fourth-order valence-electron chi connectivity index (χ4n) is 2.93. The molecule has 0 bridgehead atoms. The summed E-state index contributed by atoms with van der Waals surface area (Å²) in [5, 5.41) is 3.43. The van der Waals surface area contributed by atoms with Crippen LogP contribution in [0.1, 0.15) is 75.6 Å². The first kappa shape index (κ1) is 22.8. The number of carbonyl (C=O) groups excluding carboxylic acids is 1. The number of nitrogens with zero attached hydrogens (tertiary/aromatic N) is 1. The molecule has 1 N–H and O–H groups in total. The molecule has 0 spiro atoms. The van der Waals surface area contributed by atoms with Crippen molar-refractivity contribution in [2.75, 3.05) is 25.5 Å². The summed E-state index contributed by atoms with van der Waals surface area (Å²) in [4.78, 5) is 14.1. The van der Waals surface area contributed by atoms with Gasteiger partial charge in [-0.3, -0.25) is 4.90 Å². The summed E-state index contributed by atoms with van der Waals surface area (Å²) in [5.74, 6) is -0.319. The minimum absolute atomic E-state index is 0.0638. The molecule has 5 heteroatoms. The van der Waals surface area contributed by atoms with Crippen LogP contribution in [0.4, 0.5) is 5.69 Å². The van der Waals surface area contributed by atoms with Crippen molar-refractivity contribution in [2.45, 2.75) is 70.7 Å². The third-order valence-electron chi connectivity index (χ3n) is 4.52. The van der Waals surface area contributed by atoms with Crippen molar-refractivity contribution in [3.05, 3.63) is 29.8 Å². The van der Waals surface area contributed by atoms with Gasteiger partial charge in [0, 0.05) is 18.8 Å². The monoisotopic (exact) mass is 380 g/mol. The maximum absolute atomic E-state index is 11.7. The van der Waals surface area contributed by atoms with Crippen molar-refractivity contribution in [3.63, 3.8) is 0 Å². The number of rotatable bonds is 14. The van der Waals surface area contributed by atoms with Gasteiger partial charge in [-0.15, -0.1) is 12.6 Å². The molecule has 0 aliphatic rings. The number of ether oxygens (including phenoxy) is 1. The van der Waals surface area contributed by atoms with Gasteiger partial charge >= 0.3 is 5.97 Å². The van der Waals surface area contributed by atoms with Gasteiger partial charge in [-0.2, -0.15) is 0 Å². The molecule has 0 saturated heterocycles. The van der Waals surface area contributed by atoms with E-state index in [1.54, 1.807) is 6.07 Å². The third kappa shape index (κ3) is 8.95. The number of nitrogens with one attached hydrogen (secondary N) is 1. The first-order valence-electron chi connectivity index (χ1n) is 9.99. The van der Waals surface area contributed by atoms with Gasteiger partial charge in [0.05, 0.1) is 12.7 Å². The number of hydrogen-bond donors (Lipinski definition) is 2. The first-order valence-corrected chi connectivity index (χ1v) is 10.5. The van der Waals surface area contributed by atoms with Crippen molar-refractivity contribution < 1.29 is 9.53 Å². The van der Waals surface area contributed by atoms with E-state index in [9.17, 15) is 4.79 Å². The van der Waals surface area contributed by atoms with Gasteiger partial charge in [-0.1, -0.05) is 58.4 Å². The Balaban J connectivity index is 2.64.